The first-order valence-electron chi connectivity index (χ1n) is 7.10. The van der Waals surface area contributed by atoms with E-state index in [1.165, 1.54) is 5.56 Å². The molecule has 1 rings (SSSR count). The first kappa shape index (κ1) is 16.5. The van der Waals surface area contributed by atoms with Gasteiger partial charge < -0.3 is 14.8 Å². The molecule has 1 aromatic rings. The Hall–Kier alpha value is -1.55. The van der Waals surface area contributed by atoms with E-state index >= 15 is 0 Å². The SMILES string of the molecule is CCNC(COc1cc(C)cc(C)c1C)C(=O)OCC. The van der Waals surface area contributed by atoms with Gasteiger partial charge in [0.1, 0.15) is 18.4 Å². The largest absolute Gasteiger partial charge is 0.491 e. The molecule has 0 radical (unpaired) electrons. The number of nitrogens with one attached hydrogen (secondary N) is 1. The topological polar surface area (TPSA) is 47.6 Å². The fourth-order valence-electron chi connectivity index (χ4n) is 2.02. The molecule has 0 heterocycles. The highest BCUT2D eigenvalue weighted by atomic mass is 16.5. The first-order valence-corrected chi connectivity index (χ1v) is 7.10. The highest BCUT2D eigenvalue weighted by Crippen LogP contribution is 2.23. The van der Waals surface area contributed by atoms with Crippen molar-refractivity contribution >= 4 is 5.97 Å². The highest BCUT2D eigenvalue weighted by Gasteiger charge is 2.19. The number of hydrogen-bond acceptors (Lipinski definition) is 4. The Morgan fingerprint density at radius 3 is 2.55 bits per heavy atom. The molecule has 4 nitrogen and oxygen atoms in total. The maximum atomic E-state index is 11.8. The zero-order valence-electron chi connectivity index (χ0n) is 13.1. The van der Waals surface area contributed by atoms with Crippen LogP contribution in [0.4, 0.5) is 0 Å². The maximum Gasteiger partial charge on any atom is 0.326 e. The van der Waals surface area contributed by atoms with Crippen molar-refractivity contribution in [3.63, 3.8) is 0 Å². The zero-order chi connectivity index (χ0) is 15.1. The van der Waals surface area contributed by atoms with Crippen LogP contribution in [0.15, 0.2) is 12.1 Å². The third-order valence-corrected chi connectivity index (χ3v) is 3.19. The molecule has 0 bridgehead atoms. The van der Waals surface area contributed by atoms with Gasteiger partial charge in [-0.1, -0.05) is 13.0 Å². The molecule has 0 amide bonds. The molecule has 1 unspecified atom stereocenters. The Kier molecular flexibility index (Phi) is 6.52. The second kappa shape index (κ2) is 7.90. The molecule has 0 aliphatic heterocycles. The van der Waals surface area contributed by atoms with Gasteiger partial charge in [0, 0.05) is 0 Å². The molecule has 0 aliphatic rings. The summed E-state index contributed by atoms with van der Waals surface area (Å²) in [5, 5.41) is 3.09. The van der Waals surface area contributed by atoms with E-state index in [1.54, 1.807) is 6.92 Å². The van der Waals surface area contributed by atoms with Gasteiger partial charge in [-0.05, 0) is 57.0 Å². The summed E-state index contributed by atoms with van der Waals surface area (Å²) in [6, 6.07) is 3.69. The Bertz CT molecular complexity index is 457. The molecule has 0 spiro atoms. The average Bonchev–Trinajstić information content (AvgIpc) is 2.39. The van der Waals surface area contributed by atoms with Crippen LogP contribution in [0.3, 0.4) is 0 Å². The lowest BCUT2D eigenvalue weighted by Crippen LogP contribution is -2.42. The van der Waals surface area contributed by atoms with Gasteiger partial charge >= 0.3 is 5.97 Å². The van der Waals surface area contributed by atoms with E-state index in [1.807, 2.05) is 26.8 Å². The van der Waals surface area contributed by atoms with E-state index in [0.29, 0.717) is 13.2 Å². The maximum absolute atomic E-state index is 11.8. The van der Waals surface area contributed by atoms with E-state index < -0.39 is 6.04 Å². The summed E-state index contributed by atoms with van der Waals surface area (Å²) >= 11 is 0. The number of benzene rings is 1. The summed E-state index contributed by atoms with van der Waals surface area (Å²) in [7, 11) is 0. The number of likely N-dealkylation sites (N-methyl/N-ethyl adjacent to an activating group) is 1. The van der Waals surface area contributed by atoms with Crippen LogP contribution in [-0.2, 0) is 9.53 Å². The van der Waals surface area contributed by atoms with Gasteiger partial charge in [-0.25, -0.2) is 0 Å². The van der Waals surface area contributed by atoms with E-state index in [-0.39, 0.29) is 12.6 Å². The summed E-state index contributed by atoms with van der Waals surface area (Å²) in [6.45, 7) is 11.2. The Morgan fingerprint density at radius 1 is 1.25 bits per heavy atom. The molecule has 1 aromatic carbocycles. The minimum absolute atomic E-state index is 0.267. The van der Waals surface area contributed by atoms with Crippen LogP contribution in [-0.4, -0.2) is 31.8 Å². The predicted molar refractivity (Wildman–Crippen MR) is 80.2 cm³/mol. The van der Waals surface area contributed by atoms with Crippen molar-refractivity contribution in [3.8, 4) is 5.75 Å². The number of ether oxygens (including phenoxy) is 2. The summed E-state index contributed by atoms with van der Waals surface area (Å²) in [5.41, 5.74) is 3.45. The Labute approximate surface area is 121 Å². The third kappa shape index (κ3) is 4.53. The summed E-state index contributed by atoms with van der Waals surface area (Å²) in [5.74, 6) is 0.561. The average molecular weight is 279 g/mol. The van der Waals surface area contributed by atoms with E-state index in [9.17, 15) is 4.79 Å². The van der Waals surface area contributed by atoms with E-state index in [4.69, 9.17) is 9.47 Å². The molecule has 0 saturated carbocycles. The molecular formula is C16H25NO3. The van der Waals surface area contributed by atoms with Crippen LogP contribution < -0.4 is 10.1 Å². The predicted octanol–water partition coefficient (Wildman–Crippen LogP) is 2.53. The number of aryl methyl sites for hydroxylation is 2. The van der Waals surface area contributed by atoms with Crippen molar-refractivity contribution in [1.82, 2.24) is 5.32 Å². The second-order valence-electron chi connectivity index (χ2n) is 4.88. The van der Waals surface area contributed by atoms with Crippen LogP contribution in [0.25, 0.3) is 0 Å². The number of carbonyl (C=O) groups excluding carboxylic acids is 1. The lowest BCUT2D eigenvalue weighted by molar-refractivity contribution is -0.146. The van der Waals surface area contributed by atoms with Crippen molar-refractivity contribution in [2.45, 2.75) is 40.7 Å². The first-order chi connectivity index (χ1) is 9.49. The van der Waals surface area contributed by atoms with Crippen molar-refractivity contribution < 1.29 is 14.3 Å². The summed E-state index contributed by atoms with van der Waals surface area (Å²) < 4.78 is 10.9. The van der Waals surface area contributed by atoms with Gasteiger partial charge in [0.25, 0.3) is 0 Å². The summed E-state index contributed by atoms with van der Waals surface area (Å²) in [4.78, 5) is 11.8. The number of carbonyl (C=O) groups is 1. The molecule has 1 atom stereocenters. The van der Waals surface area contributed by atoms with Crippen LogP contribution in [0.5, 0.6) is 5.75 Å². The molecule has 0 aliphatic carbocycles. The highest BCUT2D eigenvalue weighted by molar-refractivity contribution is 5.76. The Morgan fingerprint density at radius 2 is 1.95 bits per heavy atom. The monoisotopic (exact) mass is 279 g/mol. The molecule has 20 heavy (non-hydrogen) atoms. The molecule has 0 fully saturated rings. The van der Waals surface area contributed by atoms with Gasteiger partial charge in [0.05, 0.1) is 6.61 Å². The number of esters is 1. The van der Waals surface area contributed by atoms with Crippen LogP contribution in [0.2, 0.25) is 0 Å². The van der Waals surface area contributed by atoms with Crippen molar-refractivity contribution in [3.05, 3.63) is 28.8 Å². The normalized spacial score (nSPS) is 12.1. The fraction of sp³-hybridized carbons (Fsp3) is 0.562. The van der Waals surface area contributed by atoms with Crippen LogP contribution in [0.1, 0.15) is 30.5 Å². The third-order valence-electron chi connectivity index (χ3n) is 3.19. The molecule has 112 valence electrons. The number of hydrogen-bond donors (Lipinski definition) is 1. The Balaban J connectivity index is 2.74. The van der Waals surface area contributed by atoms with Crippen LogP contribution in [0, 0.1) is 20.8 Å². The minimum Gasteiger partial charge on any atom is -0.491 e. The van der Waals surface area contributed by atoms with Crippen LogP contribution >= 0.6 is 0 Å². The van der Waals surface area contributed by atoms with Gasteiger partial charge in [0.2, 0.25) is 0 Å². The lowest BCUT2D eigenvalue weighted by Gasteiger charge is -2.18. The smallest absolute Gasteiger partial charge is 0.326 e. The van der Waals surface area contributed by atoms with Gasteiger partial charge in [-0.3, -0.25) is 4.79 Å². The van der Waals surface area contributed by atoms with Crippen molar-refractivity contribution in [2.75, 3.05) is 19.8 Å². The van der Waals surface area contributed by atoms with Crippen molar-refractivity contribution in [1.29, 1.82) is 0 Å². The molecule has 1 N–H and O–H groups in total. The molecular weight excluding hydrogens is 254 g/mol. The molecule has 0 aromatic heterocycles. The lowest BCUT2D eigenvalue weighted by atomic mass is 10.1. The fourth-order valence-corrected chi connectivity index (χ4v) is 2.02. The minimum atomic E-state index is -0.430. The van der Waals surface area contributed by atoms with Gasteiger partial charge in [-0.15, -0.1) is 0 Å². The quantitative estimate of drug-likeness (QED) is 0.779. The van der Waals surface area contributed by atoms with Gasteiger partial charge in [-0.2, -0.15) is 0 Å². The second-order valence-corrected chi connectivity index (χ2v) is 4.88. The van der Waals surface area contributed by atoms with E-state index in [2.05, 4.69) is 18.3 Å². The van der Waals surface area contributed by atoms with Gasteiger partial charge in [0.15, 0.2) is 0 Å². The molecule has 0 saturated heterocycles. The molecule has 4 heteroatoms. The standard InChI is InChI=1S/C16H25NO3/c1-6-17-14(16(18)19-7-2)10-20-15-9-11(3)8-12(4)13(15)5/h8-9,14,17H,6-7,10H2,1-5H3. The van der Waals surface area contributed by atoms with Crippen molar-refractivity contribution in [2.24, 2.45) is 0 Å². The van der Waals surface area contributed by atoms with E-state index in [0.717, 1.165) is 16.9 Å². The zero-order valence-corrected chi connectivity index (χ0v) is 13.1. The summed E-state index contributed by atoms with van der Waals surface area (Å²) in [6.07, 6.45) is 0. The number of rotatable bonds is 7.